The predicted octanol–water partition coefficient (Wildman–Crippen LogP) is 3.20. The van der Waals surface area contributed by atoms with E-state index in [4.69, 9.17) is 0 Å². The van der Waals surface area contributed by atoms with Crippen molar-refractivity contribution in [1.82, 2.24) is 9.97 Å². The average Bonchev–Trinajstić information content (AvgIpc) is 2.94. The smallest absolute Gasteiger partial charge is 0.139 e. The zero-order valence-corrected chi connectivity index (χ0v) is 11.2. The lowest BCUT2D eigenvalue weighted by Gasteiger charge is -2.33. The number of nitriles is 1. The second kappa shape index (κ2) is 4.93. The molecule has 1 saturated carbocycles. The number of pyridine rings is 1. The number of nitrogens with zero attached hydrogens (tertiary/aromatic N) is 3. The van der Waals surface area contributed by atoms with Gasteiger partial charge in [-0.05, 0) is 18.9 Å². The maximum absolute atomic E-state index is 9.34. The Hall–Kier alpha value is -2.02. The van der Waals surface area contributed by atoms with Gasteiger partial charge in [-0.1, -0.05) is 19.3 Å². The van der Waals surface area contributed by atoms with Crippen molar-refractivity contribution in [2.24, 2.45) is 0 Å². The van der Waals surface area contributed by atoms with Gasteiger partial charge in [0, 0.05) is 30.9 Å². The van der Waals surface area contributed by atoms with Crippen LogP contribution in [0.4, 0.5) is 5.69 Å². The van der Waals surface area contributed by atoms with Crippen LogP contribution in [0.2, 0.25) is 0 Å². The molecule has 0 amide bonds. The highest BCUT2D eigenvalue weighted by molar-refractivity contribution is 5.93. The average molecular weight is 254 g/mol. The van der Waals surface area contributed by atoms with Gasteiger partial charge in [-0.2, -0.15) is 5.26 Å². The second-order valence-corrected chi connectivity index (χ2v) is 5.27. The summed E-state index contributed by atoms with van der Waals surface area (Å²) in [7, 11) is 2.11. The van der Waals surface area contributed by atoms with Crippen molar-refractivity contribution >= 4 is 16.7 Å². The van der Waals surface area contributed by atoms with E-state index in [1.807, 2.05) is 12.3 Å². The quantitative estimate of drug-likeness (QED) is 0.895. The summed E-state index contributed by atoms with van der Waals surface area (Å²) in [5, 5.41) is 10.4. The van der Waals surface area contributed by atoms with Crippen molar-refractivity contribution < 1.29 is 0 Å². The summed E-state index contributed by atoms with van der Waals surface area (Å²) in [5.41, 5.74) is 2.55. The van der Waals surface area contributed by atoms with E-state index < -0.39 is 0 Å². The van der Waals surface area contributed by atoms with Gasteiger partial charge in [0.1, 0.15) is 11.7 Å². The van der Waals surface area contributed by atoms with E-state index in [1.54, 1.807) is 6.20 Å². The lowest BCUT2D eigenvalue weighted by molar-refractivity contribution is 0.428. The summed E-state index contributed by atoms with van der Waals surface area (Å²) >= 11 is 0. The van der Waals surface area contributed by atoms with Crippen LogP contribution >= 0.6 is 0 Å². The number of hydrogen-bond acceptors (Lipinski definition) is 3. The van der Waals surface area contributed by atoms with E-state index in [1.165, 1.54) is 32.1 Å². The number of H-pyrrole nitrogens is 1. The number of nitrogens with one attached hydrogen (secondary N) is 1. The molecule has 4 nitrogen and oxygen atoms in total. The molecule has 0 aliphatic heterocycles. The molecule has 4 heteroatoms. The van der Waals surface area contributed by atoms with Crippen LogP contribution in [0.1, 0.15) is 37.7 Å². The van der Waals surface area contributed by atoms with Crippen LogP contribution in [0.3, 0.4) is 0 Å². The van der Waals surface area contributed by atoms with Crippen LogP contribution < -0.4 is 4.90 Å². The van der Waals surface area contributed by atoms with E-state index in [0.29, 0.717) is 11.6 Å². The summed E-state index contributed by atoms with van der Waals surface area (Å²) < 4.78 is 0. The molecule has 2 aromatic rings. The summed E-state index contributed by atoms with van der Waals surface area (Å²) in [6, 6.07) is 4.83. The first-order valence-electron chi connectivity index (χ1n) is 6.90. The molecule has 1 fully saturated rings. The Morgan fingerprint density at radius 2 is 2.16 bits per heavy atom. The normalized spacial score (nSPS) is 16.4. The summed E-state index contributed by atoms with van der Waals surface area (Å²) in [4.78, 5) is 9.70. The molecule has 1 aliphatic rings. The Morgan fingerprint density at radius 3 is 2.89 bits per heavy atom. The Balaban J connectivity index is 2.06. The summed E-state index contributed by atoms with van der Waals surface area (Å²) in [6.07, 6.45) is 9.91. The first-order chi connectivity index (χ1) is 9.31. The Labute approximate surface area is 113 Å². The van der Waals surface area contributed by atoms with Crippen LogP contribution in [0.5, 0.6) is 0 Å². The number of aromatic amines is 1. The first kappa shape index (κ1) is 12.0. The molecule has 2 heterocycles. The fourth-order valence-corrected chi connectivity index (χ4v) is 3.11. The van der Waals surface area contributed by atoms with Crippen molar-refractivity contribution in [3.8, 4) is 6.07 Å². The molecule has 1 aliphatic carbocycles. The zero-order chi connectivity index (χ0) is 13.2. The largest absolute Gasteiger partial charge is 0.370 e. The number of aromatic nitrogens is 2. The molecule has 0 radical (unpaired) electrons. The molecule has 0 saturated heterocycles. The van der Waals surface area contributed by atoms with Gasteiger partial charge in [0.25, 0.3) is 0 Å². The van der Waals surface area contributed by atoms with E-state index in [-0.39, 0.29) is 0 Å². The molecular formula is C15H18N4. The summed E-state index contributed by atoms with van der Waals surface area (Å²) in [5.74, 6) is 0. The standard InChI is InChI=1S/C15H18N4/c1-19(12-5-3-2-4-6-12)14-11(9-16)10-18-15-13(14)7-8-17-15/h7-8,10,12H,2-6H2,1H3,(H,17,18). The van der Waals surface area contributed by atoms with Gasteiger partial charge in [-0.25, -0.2) is 4.98 Å². The third-order valence-electron chi connectivity index (χ3n) is 4.15. The van der Waals surface area contributed by atoms with Crippen molar-refractivity contribution in [3.05, 3.63) is 24.0 Å². The third kappa shape index (κ3) is 2.06. The Morgan fingerprint density at radius 1 is 1.37 bits per heavy atom. The topological polar surface area (TPSA) is 55.7 Å². The minimum absolute atomic E-state index is 0.543. The van der Waals surface area contributed by atoms with Gasteiger partial charge in [0.05, 0.1) is 11.3 Å². The van der Waals surface area contributed by atoms with E-state index in [0.717, 1.165) is 16.7 Å². The highest BCUT2D eigenvalue weighted by Crippen LogP contribution is 2.32. The third-order valence-corrected chi connectivity index (χ3v) is 4.15. The highest BCUT2D eigenvalue weighted by atomic mass is 15.1. The van der Waals surface area contributed by atoms with Gasteiger partial charge in [-0.3, -0.25) is 0 Å². The molecule has 2 aromatic heterocycles. The SMILES string of the molecule is CN(c1c(C#N)cnc2[nH]ccc12)C1CCCCC1. The molecule has 0 unspecified atom stereocenters. The fourth-order valence-electron chi connectivity index (χ4n) is 3.11. The molecule has 0 aromatic carbocycles. The van der Waals surface area contributed by atoms with Crippen LogP contribution in [-0.2, 0) is 0 Å². The Kier molecular flexibility index (Phi) is 3.12. The highest BCUT2D eigenvalue weighted by Gasteiger charge is 2.22. The molecule has 0 bridgehead atoms. The minimum atomic E-state index is 0.543. The molecule has 98 valence electrons. The number of rotatable bonds is 2. The second-order valence-electron chi connectivity index (χ2n) is 5.27. The number of hydrogen-bond donors (Lipinski definition) is 1. The molecular weight excluding hydrogens is 236 g/mol. The van der Waals surface area contributed by atoms with Gasteiger partial charge >= 0.3 is 0 Å². The van der Waals surface area contributed by atoms with Gasteiger partial charge in [0.15, 0.2) is 0 Å². The monoisotopic (exact) mass is 254 g/mol. The van der Waals surface area contributed by atoms with Crippen LogP contribution in [0.15, 0.2) is 18.5 Å². The fraction of sp³-hybridized carbons (Fsp3) is 0.467. The molecule has 19 heavy (non-hydrogen) atoms. The van der Waals surface area contributed by atoms with Gasteiger partial charge < -0.3 is 9.88 Å². The van der Waals surface area contributed by atoms with Crippen molar-refractivity contribution in [1.29, 1.82) is 5.26 Å². The Bertz CT molecular complexity index is 617. The van der Waals surface area contributed by atoms with Crippen molar-refractivity contribution in [2.75, 3.05) is 11.9 Å². The lowest BCUT2D eigenvalue weighted by atomic mass is 9.93. The van der Waals surface area contributed by atoms with Crippen LogP contribution in [0.25, 0.3) is 11.0 Å². The molecule has 1 N–H and O–H groups in total. The zero-order valence-electron chi connectivity index (χ0n) is 11.2. The van der Waals surface area contributed by atoms with E-state index in [9.17, 15) is 5.26 Å². The molecule has 3 rings (SSSR count). The summed E-state index contributed by atoms with van der Waals surface area (Å²) in [6.45, 7) is 0. The lowest BCUT2D eigenvalue weighted by Crippen LogP contribution is -2.34. The van der Waals surface area contributed by atoms with Gasteiger partial charge in [-0.15, -0.1) is 0 Å². The first-order valence-corrected chi connectivity index (χ1v) is 6.90. The predicted molar refractivity (Wildman–Crippen MR) is 76.1 cm³/mol. The molecule has 0 atom stereocenters. The number of fused-ring (bicyclic) bond motifs is 1. The number of anilines is 1. The van der Waals surface area contributed by atoms with Crippen LogP contribution in [0, 0.1) is 11.3 Å². The van der Waals surface area contributed by atoms with Crippen molar-refractivity contribution in [3.63, 3.8) is 0 Å². The van der Waals surface area contributed by atoms with E-state index >= 15 is 0 Å². The van der Waals surface area contributed by atoms with Crippen molar-refractivity contribution in [2.45, 2.75) is 38.1 Å². The maximum Gasteiger partial charge on any atom is 0.139 e. The molecule has 0 spiro atoms. The van der Waals surface area contributed by atoms with E-state index in [2.05, 4.69) is 28.0 Å². The van der Waals surface area contributed by atoms with Gasteiger partial charge in [0.2, 0.25) is 0 Å². The van der Waals surface area contributed by atoms with Crippen LogP contribution in [-0.4, -0.2) is 23.1 Å². The minimum Gasteiger partial charge on any atom is -0.370 e. The maximum atomic E-state index is 9.34.